The molecule has 2 heterocycles. The summed E-state index contributed by atoms with van der Waals surface area (Å²) in [5, 5.41) is 8.26. The van der Waals surface area contributed by atoms with E-state index in [1.165, 1.54) is 17.7 Å². The van der Waals surface area contributed by atoms with Gasteiger partial charge in [0.15, 0.2) is 5.65 Å². The van der Waals surface area contributed by atoms with Gasteiger partial charge in [-0.2, -0.15) is 5.10 Å². The van der Waals surface area contributed by atoms with Crippen molar-refractivity contribution in [3.8, 4) is 5.69 Å². The molecular weight excluding hydrogens is 417 g/mol. The average molecular weight is 446 g/mol. The molecule has 1 N–H and O–H groups in total. The predicted molar refractivity (Wildman–Crippen MR) is 128 cm³/mol. The second-order valence-corrected chi connectivity index (χ2v) is 8.32. The Balaban J connectivity index is 1.46. The van der Waals surface area contributed by atoms with Crippen molar-refractivity contribution in [1.82, 2.24) is 25.0 Å². The normalized spacial score (nSPS) is 11.3. The molecule has 4 aromatic rings. The van der Waals surface area contributed by atoms with Crippen molar-refractivity contribution in [2.24, 2.45) is 0 Å². The topological polar surface area (TPSA) is 63.1 Å². The number of carbonyl (C=O) groups excluding carboxylic acids is 1. The fourth-order valence-electron chi connectivity index (χ4n) is 4.00. The standard InChI is InChI=1S/C26H28FN5O/c1-18-15-23(26(33)28-13-8-14-31(3)17-20-9-5-4-6-10-20)24-19(2)30-32(25(24)29-18)22-12-7-11-21(27)16-22/h4-7,9-12,15-16H,8,13-14,17H2,1-3H3,(H,28,33). The van der Waals surface area contributed by atoms with Gasteiger partial charge in [0.05, 0.1) is 22.3 Å². The zero-order chi connectivity index (χ0) is 23.4. The lowest BCUT2D eigenvalue weighted by molar-refractivity contribution is 0.0953. The molecule has 0 spiro atoms. The first-order valence-electron chi connectivity index (χ1n) is 11.1. The number of hydrogen-bond donors (Lipinski definition) is 1. The third-order valence-corrected chi connectivity index (χ3v) is 5.54. The average Bonchev–Trinajstić information content (AvgIpc) is 3.13. The molecule has 0 saturated heterocycles. The van der Waals surface area contributed by atoms with Crippen LogP contribution in [-0.4, -0.2) is 45.7 Å². The molecule has 6 nitrogen and oxygen atoms in total. The molecule has 0 bridgehead atoms. The highest BCUT2D eigenvalue weighted by atomic mass is 19.1. The second-order valence-electron chi connectivity index (χ2n) is 8.32. The van der Waals surface area contributed by atoms with E-state index in [2.05, 4.69) is 39.5 Å². The summed E-state index contributed by atoms with van der Waals surface area (Å²) in [6.45, 7) is 5.99. The number of aromatic nitrogens is 3. The molecule has 0 radical (unpaired) electrons. The van der Waals surface area contributed by atoms with E-state index in [0.29, 0.717) is 40.2 Å². The number of amides is 1. The van der Waals surface area contributed by atoms with Gasteiger partial charge in [-0.15, -0.1) is 0 Å². The number of pyridine rings is 1. The maximum absolute atomic E-state index is 13.8. The largest absolute Gasteiger partial charge is 0.352 e. The second kappa shape index (κ2) is 9.92. The van der Waals surface area contributed by atoms with Gasteiger partial charge >= 0.3 is 0 Å². The van der Waals surface area contributed by atoms with Crippen LogP contribution in [0, 0.1) is 19.7 Å². The lowest BCUT2D eigenvalue weighted by Gasteiger charge is -2.16. The number of fused-ring (bicyclic) bond motifs is 1. The molecule has 33 heavy (non-hydrogen) atoms. The van der Waals surface area contributed by atoms with Gasteiger partial charge < -0.3 is 10.2 Å². The predicted octanol–water partition coefficient (Wildman–Crippen LogP) is 4.43. The van der Waals surface area contributed by atoms with Crippen LogP contribution < -0.4 is 5.32 Å². The Hall–Kier alpha value is -3.58. The Morgan fingerprint density at radius 1 is 1.09 bits per heavy atom. The Morgan fingerprint density at radius 3 is 2.64 bits per heavy atom. The fourth-order valence-corrected chi connectivity index (χ4v) is 4.00. The third-order valence-electron chi connectivity index (χ3n) is 5.54. The third kappa shape index (κ3) is 5.26. The Bertz CT molecular complexity index is 1270. The monoisotopic (exact) mass is 445 g/mol. The van der Waals surface area contributed by atoms with Crippen molar-refractivity contribution < 1.29 is 9.18 Å². The molecule has 4 rings (SSSR count). The Morgan fingerprint density at radius 2 is 1.88 bits per heavy atom. The summed E-state index contributed by atoms with van der Waals surface area (Å²) in [5.41, 5.74) is 4.30. The van der Waals surface area contributed by atoms with E-state index >= 15 is 0 Å². The van der Waals surface area contributed by atoms with E-state index in [0.717, 1.165) is 19.5 Å². The van der Waals surface area contributed by atoms with Gasteiger partial charge in [-0.25, -0.2) is 14.1 Å². The van der Waals surface area contributed by atoms with Gasteiger partial charge in [0.1, 0.15) is 5.82 Å². The van der Waals surface area contributed by atoms with Crippen LogP contribution in [0.15, 0.2) is 60.7 Å². The smallest absolute Gasteiger partial charge is 0.252 e. The van der Waals surface area contributed by atoms with Gasteiger partial charge in [0.25, 0.3) is 5.91 Å². The van der Waals surface area contributed by atoms with E-state index in [1.807, 2.05) is 32.0 Å². The van der Waals surface area contributed by atoms with Crippen LogP contribution in [-0.2, 0) is 6.54 Å². The molecule has 1 amide bonds. The minimum absolute atomic E-state index is 0.155. The number of aryl methyl sites for hydroxylation is 2. The molecule has 170 valence electrons. The van der Waals surface area contributed by atoms with E-state index in [9.17, 15) is 9.18 Å². The van der Waals surface area contributed by atoms with Crippen LogP contribution in [0.5, 0.6) is 0 Å². The maximum Gasteiger partial charge on any atom is 0.252 e. The molecule has 0 atom stereocenters. The van der Waals surface area contributed by atoms with Gasteiger partial charge in [0, 0.05) is 18.8 Å². The summed E-state index contributed by atoms with van der Waals surface area (Å²) in [5.74, 6) is -0.505. The fraction of sp³-hybridized carbons (Fsp3) is 0.269. The highest BCUT2D eigenvalue weighted by Crippen LogP contribution is 2.25. The molecule has 0 aliphatic carbocycles. The summed E-state index contributed by atoms with van der Waals surface area (Å²) < 4.78 is 15.4. The van der Waals surface area contributed by atoms with E-state index in [4.69, 9.17) is 0 Å². The molecule has 2 aromatic carbocycles. The lowest BCUT2D eigenvalue weighted by Crippen LogP contribution is -2.28. The molecular formula is C26H28FN5O. The summed E-state index contributed by atoms with van der Waals surface area (Å²) in [6, 6.07) is 18.3. The van der Waals surface area contributed by atoms with Crippen molar-refractivity contribution in [2.75, 3.05) is 20.1 Å². The summed E-state index contributed by atoms with van der Waals surface area (Å²) in [7, 11) is 2.08. The zero-order valence-electron chi connectivity index (χ0n) is 19.2. The quantitative estimate of drug-likeness (QED) is 0.408. The number of nitrogens with zero attached hydrogens (tertiary/aromatic N) is 4. The first-order chi connectivity index (χ1) is 15.9. The Kier molecular flexibility index (Phi) is 6.79. The van der Waals surface area contributed by atoms with E-state index in [1.54, 1.807) is 22.9 Å². The zero-order valence-corrected chi connectivity index (χ0v) is 19.2. The summed E-state index contributed by atoms with van der Waals surface area (Å²) in [4.78, 5) is 19.9. The number of carbonyl (C=O) groups is 1. The molecule has 7 heteroatoms. The Labute approximate surface area is 193 Å². The number of rotatable bonds is 8. The van der Waals surface area contributed by atoms with E-state index in [-0.39, 0.29) is 11.7 Å². The number of nitrogens with one attached hydrogen (secondary N) is 1. The summed E-state index contributed by atoms with van der Waals surface area (Å²) >= 11 is 0. The lowest BCUT2D eigenvalue weighted by atomic mass is 10.1. The van der Waals surface area contributed by atoms with Gasteiger partial charge in [-0.1, -0.05) is 36.4 Å². The van der Waals surface area contributed by atoms with Crippen molar-refractivity contribution in [2.45, 2.75) is 26.8 Å². The SMILES string of the molecule is Cc1cc(C(=O)NCCCN(C)Cc2ccccc2)c2c(C)nn(-c3cccc(F)c3)c2n1. The molecule has 0 unspecified atom stereocenters. The van der Waals surface area contributed by atoms with Crippen molar-refractivity contribution in [3.05, 3.63) is 89.0 Å². The highest BCUT2D eigenvalue weighted by molar-refractivity contribution is 6.06. The van der Waals surface area contributed by atoms with Gasteiger partial charge in [-0.3, -0.25) is 4.79 Å². The van der Waals surface area contributed by atoms with Crippen LogP contribution in [0.2, 0.25) is 0 Å². The number of hydrogen-bond acceptors (Lipinski definition) is 4. The van der Waals surface area contributed by atoms with Gasteiger partial charge in [-0.05, 0) is 63.7 Å². The van der Waals surface area contributed by atoms with Crippen molar-refractivity contribution in [3.63, 3.8) is 0 Å². The van der Waals surface area contributed by atoms with Crippen LogP contribution in [0.4, 0.5) is 4.39 Å². The maximum atomic E-state index is 13.8. The number of halogens is 1. The van der Waals surface area contributed by atoms with Crippen LogP contribution in [0.25, 0.3) is 16.7 Å². The molecule has 0 fully saturated rings. The highest BCUT2D eigenvalue weighted by Gasteiger charge is 2.19. The first-order valence-corrected chi connectivity index (χ1v) is 11.1. The number of benzene rings is 2. The molecule has 0 saturated carbocycles. The van der Waals surface area contributed by atoms with Crippen LogP contribution in [0.3, 0.4) is 0 Å². The van der Waals surface area contributed by atoms with Gasteiger partial charge in [0.2, 0.25) is 0 Å². The van der Waals surface area contributed by atoms with Crippen LogP contribution >= 0.6 is 0 Å². The molecule has 0 aliphatic rings. The molecule has 2 aromatic heterocycles. The minimum Gasteiger partial charge on any atom is -0.352 e. The van der Waals surface area contributed by atoms with Crippen LogP contribution in [0.1, 0.15) is 33.7 Å². The minimum atomic E-state index is -0.350. The van der Waals surface area contributed by atoms with E-state index < -0.39 is 0 Å². The summed E-state index contributed by atoms with van der Waals surface area (Å²) in [6.07, 6.45) is 0.837. The van der Waals surface area contributed by atoms with Crippen molar-refractivity contribution >= 4 is 16.9 Å². The first kappa shape index (κ1) is 22.6. The van der Waals surface area contributed by atoms with Crippen molar-refractivity contribution in [1.29, 1.82) is 0 Å². The molecule has 0 aliphatic heterocycles.